The van der Waals surface area contributed by atoms with Gasteiger partial charge in [-0.3, -0.25) is 0 Å². The van der Waals surface area contributed by atoms with Crippen LogP contribution in [0, 0.1) is 5.92 Å². The van der Waals surface area contributed by atoms with E-state index in [0.29, 0.717) is 23.5 Å². The Morgan fingerprint density at radius 2 is 1.25 bits per heavy atom. The summed E-state index contributed by atoms with van der Waals surface area (Å²) in [7, 11) is 0. The molecule has 0 saturated heterocycles. The van der Waals surface area contributed by atoms with E-state index in [-0.39, 0.29) is 11.5 Å². The van der Waals surface area contributed by atoms with E-state index < -0.39 is 11.9 Å². The van der Waals surface area contributed by atoms with Gasteiger partial charge in [-0.15, -0.1) is 0 Å². The Morgan fingerprint density at radius 3 is 1.79 bits per heavy atom. The van der Waals surface area contributed by atoms with Crippen molar-refractivity contribution in [2.24, 2.45) is 5.92 Å². The lowest BCUT2D eigenvalue weighted by Crippen LogP contribution is -2.14. The van der Waals surface area contributed by atoms with E-state index in [1.807, 2.05) is 18.2 Å². The number of benzene rings is 3. The monoisotopic (exact) mass is 374 g/mol. The molecule has 0 bridgehead atoms. The molecule has 3 rings (SSSR count). The molecule has 4 heteroatoms. The zero-order valence-electron chi connectivity index (χ0n) is 15.9. The number of para-hydroxylation sites is 1. The van der Waals surface area contributed by atoms with E-state index in [0.717, 1.165) is 5.56 Å². The zero-order valence-corrected chi connectivity index (χ0v) is 15.9. The van der Waals surface area contributed by atoms with Crippen molar-refractivity contribution in [3.63, 3.8) is 0 Å². The number of hydrogen-bond acceptors (Lipinski definition) is 4. The Balaban J connectivity index is 1.93. The number of carbonyl (C=O) groups is 2. The molecule has 0 aliphatic heterocycles. The normalized spacial score (nSPS) is 10.5. The van der Waals surface area contributed by atoms with Crippen LogP contribution in [0.1, 0.15) is 40.1 Å². The van der Waals surface area contributed by atoms with Crippen LogP contribution in [0.3, 0.4) is 0 Å². The average molecular weight is 374 g/mol. The highest BCUT2D eigenvalue weighted by atomic mass is 16.6. The van der Waals surface area contributed by atoms with Gasteiger partial charge >= 0.3 is 11.9 Å². The van der Waals surface area contributed by atoms with Crippen LogP contribution in [-0.2, 0) is 6.42 Å². The highest BCUT2D eigenvalue weighted by molar-refractivity contribution is 5.93. The Hall–Kier alpha value is -3.40. The van der Waals surface area contributed by atoms with Crippen LogP contribution in [-0.4, -0.2) is 11.9 Å². The van der Waals surface area contributed by atoms with Gasteiger partial charge < -0.3 is 9.47 Å². The first kappa shape index (κ1) is 19.4. The highest BCUT2D eigenvalue weighted by Crippen LogP contribution is 2.34. The minimum atomic E-state index is -0.501. The van der Waals surface area contributed by atoms with E-state index >= 15 is 0 Å². The first-order valence-electron chi connectivity index (χ1n) is 9.21. The van der Waals surface area contributed by atoms with Crippen molar-refractivity contribution in [2.45, 2.75) is 20.3 Å². The van der Waals surface area contributed by atoms with Crippen molar-refractivity contribution in [3.8, 4) is 11.5 Å². The summed E-state index contributed by atoms with van der Waals surface area (Å²) in [5.41, 5.74) is 1.68. The van der Waals surface area contributed by atoms with Crippen molar-refractivity contribution < 1.29 is 19.1 Å². The standard InChI is InChI=1S/C24H22O4/c1-17(2)16-20-14-9-15-21(27-23(25)18-10-5-3-6-11-18)22(20)28-24(26)19-12-7-4-8-13-19/h3-15,17H,16H2,1-2H3. The lowest BCUT2D eigenvalue weighted by molar-refractivity contribution is 0.0680. The molecule has 0 aromatic heterocycles. The van der Waals surface area contributed by atoms with Crippen LogP contribution >= 0.6 is 0 Å². The second-order valence-electron chi connectivity index (χ2n) is 6.85. The molecule has 4 nitrogen and oxygen atoms in total. The average Bonchev–Trinajstić information content (AvgIpc) is 2.71. The summed E-state index contributed by atoms with van der Waals surface area (Å²) in [6.45, 7) is 4.15. The van der Waals surface area contributed by atoms with E-state index in [1.54, 1.807) is 60.7 Å². The molecular formula is C24H22O4. The van der Waals surface area contributed by atoms with Gasteiger partial charge in [-0.2, -0.15) is 0 Å². The van der Waals surface area contributed by atoms with Crippen molar-refractivity contribution in [3.05, 3.63) is 95.6 Å². The molecule has 0 amide bonds. The fourth-order valence-electron chi connectivity index (χ4n) is 2.82. The topological polar surface area (TPSA) is 52.6 Å². The summed E-state index contributed by atoms with van der Waals surface area (Å²) >= 11 is 0. The molecule has 0 aliphatic carbocycles. The van der Waals surface area contributed by atoms with Gasteiger partial charge in [0.05, 0.1) is 11.1 Å². The molecule has 0 aliphatic rings. The largest absolute Gasteiger partial charge is 0.419 e. The van der Waals surface area contributed by atoms with Crippen LogP contribution in [0.4, 0.5) is 0 Å². The van der Waals surface area contributed by atoms with Gasteiger partial charge in [0.1, 0.15) is 0 Å². The van der Waals surface area contributed by atoms with Gasteiger partial charge in [0.2, 0.25) is 0 Å². The molecule has 3 aromatic carbocycles. The summed E-state index contributed by atoms with van der Waals surface area (Å²) in [5.74, 6) is -0.131. The maximum absolute atomic E-state index is 12.6. The maximum Gasteiger partial charge on any atom is 0.343 e. The first-order valence-corrected chi connectivity index (χ1v) is 9.21. The minimum Gasteiger partial charge on any atom is -0.419 e. The first-order chi connectivity index (χ1) is 13.5. The molecule has 142 valence electrons. The van der Waals surface area contributed by atoms with Crippen molar-refractivity contribution in [1.29, 1.82) is 0 Å². The quantitative estimate of drug-likeness (QED) is 0.433. The summed E-state index contributed by atoms with van der Waals surface area (Å²) < 4.78 is 11.3. The third-order valence-corrected chi connectivity index (χ3v) is 4.11. The second-order valence-corrected chi connectivity index (χ2v) is 6.85. The second kappa shape index (κ2) is 9.00. The molecule has 3 aromatic rings. The molecule has 0 spiro atoms. The van der Waals surface area contributed by atoms with Gasteiger partial charge in [-0.1, -0.05) is 62.4 Å². The van der Waals surface area contributed by atoms with E-state index in [2.05, 4.69) is 13.8 Å². The molecule has 0 unspecified atom stereocenters. The van der Waals surface area contributed by atoms with Gasteiger partial charge in [0.25, 0.3) is 0 Å². The number of esters is 2. The van der Waals surface area contributed by atoms with Crippen LogP contribution < -0.4 is 9.47 Å². The SMILES string of the molecule is CC(C)Cc1cccc(OC(=O)c2ccccc2)c1OC(=O)c1ccccc1. The van der Waals surface area contributed by atoms with E-state index in [1.165, 1.54) is 0 Å². The molecule has 0 atom stereocenters. The van der Waals surface area contributed by atoms with Crippen LogP contribution in [0.15, 0.2) is 78.9 Å². The number of hydrogen-bond donors (Lipinski definition) is 0. The smallest absolute Gasteiger partial charge is 0.343 e. The Kier molecular flexibility index (Phi) is 6.22. The molecule has 0 heterocycles. The predicted molar refractivity (Wildman–Crippen MR) is 108 cm³/mol. The van der Waals surface area contributed by atoms with Crippen LogP contribution in [0.25, 0.3) is 0 Å². The molecule has 0 N–H and O–H groups in total. The van der Waals surface area contributed by atoms with Crippen LogP contribution in [0.2, 0.25) is 0 Å². The molecular weight excluding hydrogens is 352 g/mol. The predicted octanol–water partition coefficient (Wildman–Crippen LogP) is 5.32. The van der Waals surface area contributed by atoms with Crippen molar-refractivity contribution >= 4 is 11.9 Å². The summed E-state index contributed by atoms with van der Waals surface area (Å²) in [6, 6.07) is 22.8. The number of ether oxygens (including phenoxy) is 2. The molecule has 0 saturated carbocycles. The highest BCUT2D eigenvalue weighted by Gasteiger charge is 2.20. The fourth-order valence-corrected chi connectivity index (χ4v) is 2.82. The van der Waals surface area contributed by atoms with Crippen LogP contribution in [0.5, 0.6) is 11.5 Å². The van der Waals surface area contributed by atoms with E-state index in [9.17, 15) is 9.59 Å². The van der Waals surface area contributed by atoms with Gasteiger partial charge in [0.15, 0.2) is 11.5 Å². The van der Waals surface area contributed by atoms with Crippen molar-refractivity contribution in [1.82, 2.24) is 0 Å². The molecule has 0 fully saturated rings. The summed E-state index contributed by atoms with van der Waals surface area (Å²) in [4.78, 5) is 25.1. The third-order valence-electron chi connectivity index (χ3n) is 4.11. The van der Waals surface area contributed by atoms with Gasteiger partial charge in [-0.05, 0) is 48.2 Å². The van der Waals surface area contributed by atoms with Crippen molar-refractivity contribution in [2.75, 3.05) is 0 Å². The third kappa shape index (κ3) is 4.86. The molecule has 0 radical (unpaired) electrons. The minimum absolute atomic E-state index is 0.233. The summed E-state index contributed by atoms with van der Waals surface area (Å²) in [5, 5.41) is 0. The van der Waals surface area contributed by atoms with Gasteiger partial charge in [0, 0.05) is 0 Å². The zero-order chi connectivity index (χ0) is 19.9. The lowest BCUT2D eigenvalue weighted by atomic mass is 10.0. The van der Waals surface area contributed by atoms with E-state index in [4.69, 9.17) is 9.47 Å². The fraction of sp³-hybridized carbons (Fsp3) is 0.167. The number of carbonyl (C=O) groups excluding carboxylic acids is 2. The maximum atomic E-state index is 12.6. The Bertz CT molecular complexity index is 947. The number of rotatable bonds is 6. The Morgan fingerprint density at radius 1 is 0.714 bits per heavy atom. The lowest BCUT2D eigenvalue weighted by Gasteiger charge is -2.16. The molecule has 28 heavy (non-hydrogen) atoms. The van der Waals surface area contributed by atoms with Gasteiger partial charge in [-0.25, -0.2) is 9.59 Å². The summed E-state index contributed by atoms with van der Waals surface area (Å²) in [6.07, 6.45) is 0.689. The Labute approximate surface area is 164 Å².